The second-order valence-electron chi connectivity index (χ2n) is 3.71. The Kier molecular flexibility index (Phi) is 2.38. The van der Waals surface area contributed by atoms with Gasteiger partial charge in [-0.1, -0.05) is 0 Å². The molecule has 1 heterocycles. The van der Waals surface area contributed by atoms with E-state index in [2.05, 4.69) is 0 Å². The van der Waals surface area contributed by atoms with Crippen molar-refractivity contribution in [1.29, 1.82) is 0 Å². The van der Waals surface area contributed by atoms with Crippen molar-refractivity contribution in [2.75, 3.05) is 7.11 Å². The van der Waals surface area contributed by atoms with Gasteiger partial charge in [-0.05, 0) is 6.92 Å². The molecular formula is C11H12O5. The number of fused-ring (bicyclic) bond motifs is 1. The first-order chi connectivity index (χ1) is 7.54. The van der Waals surface area contributed by atoms with Gasteiger partial charge in [-0.3, -0.25) is 4.79 Å². The van der Waals surface area contributed by atoms with Crippen molar-refractivity contribution in [3.8, 4) is 23.0 Å². The van der Waals surface area contributed by atoms with Crippen molar-refractivity contribution in [3.63, 3.8) is 0 Å². The fourth-order valence-corrected chi connectivity index (χ4v) is 1.76. The summed E-state index contributed by atoms with van der Waals surface area (Å²) in [6.45, 7) is 1.72. The molecule has 5 nitrogen and oxygen atoms in total. The fourth-order valence-electron chi connectivity index (χ4n) is 1.76. The Balaban J connectivity index is 2.66. The normalized spacial score (nSPS) is 18.9. The van der Waals surface area contributed by atoms with Crippen molar-refractivity contribution in [2.45, 2.75) is 19.4 Å². The SMILES string of the molecule is COc1cc(O)c2c(c1O)OC(C)CC2=O. The predicted octanol–water partition coefficient (Wildman–Crippen LogP) is 1.46. The van der Waals surface area contributed by atoms with Crippen LogP contribution in [-0.4, -0.2) is 29.2 Å². The van der Waals surface area contributed by atoms with Crippen molar-refractivity contribution >= 4 is 5.78 Å². The van der Waals surface area contributed by atoms with E-state index in [-0.39, 0.29) is 46.9 Å². The van der Waals surface area contributed by atoms with Crippen LogP contribution in [0.15, 0.2) is 6.07 Å². The van der Waals surface area contributed by atoms with Crippen molar-refractivity contribution < 1.29 is 24.5 Å². The predicted molar refractivity (Wildman–Crippen MR) is 55.4 cm³/mol. The molecule has 16 heavy (non-hydrogen) atoms. The molecule has 0 fully saturated rings. The van der Waals surface area contributed by atoms with Crippen LogP contribution in [0, 0.1) is 0 Å². The van der Waals surface area contributed by atoms with Gasteiger partial charge >= 0.3 is 0 Å². The van der Waals surface area contributed by atoms with E-state index in [1.165, 1.54) is 13.2 Å². The second-order valence-corrected chi connectivity index (χ2v) is 3.71. The lowest BCUT2D eigenvalue weighted by Gasteiger charge is -2.24. The minimum atomic E-state index is -0.322. The molecule has 1 aromatic rings. The van der Waals surface area contributed by atoms with Crippen LogP contribution in [0.2, 0.25) is 0 Å². The molecule has 0 amide bonds. The highest BCUT2D eigenvalue weighted by molar-refractivity contribution is 6.03. The first kappa shape index (κ1) is 10.6. The van der Waals surface area contributed by atoms with Gasteiger partial charge in [-0.15, -0.1) is 0 Å². The van der Waals surface area contributed by atoms with Crippen LogP contribution in [0.5, 0.6) is 23.0 Å². The zero-order chi connectivity index (χ0) is 11.9. The number of benzene rings is 1. The minimum Gasteiger partial charge on any atom is -0.507 e. The van der Waals surface area contributed by atoms with Gasteiger partial charge in [0.05, 0.1) is 7.11 Å². The van der Waals surface area contributed by atoms with E-state index in [1.807, 2.05) is 0 Å². The Labute approximate surface area is 92.2 Å². The van der Waals surface area contributed by atoms with Gasteiger partial charge in [0, 0.05) is 12.5 Å². The lowest BCUT2D eigenvalue weighted by molar-refractivity contribution is 0.0858. The maximum Gasteiger partial charge on any atom is 0.201 e. The van der Waals surface area contributed by atoms with Crippen LogP contribution in [0.1, 0.15) is 23.7 Å². The van der Waals surface area contributed by atoms with Gasteiger partial charge in [-0.2, -0.15) is 0 Å². The first-order valence-corrected chi connectivity index (χ1v) is 4.87. The molecule has 0 aliphatic carbocycles. The lowest BCUT2D eigenvalue weighted by atomic mass is 9.99. The topological polar surface area (TPSA) is 76.0 Å². The van der Waals surface area contributed by atoms with E-state index in [9.17, 15) is 15.0 Å². The summed E-state index contributed by atoms with van der Waals surface area (Å²) in [5.74, 6) is -0.653. The smallest absolute Gasteiger partial charge is 0.201 e. The number of carbonyl (C=O) groups is 1. The van der Waals surface area contributed by atoms with E-state index >= 15 is 0 Å². The molecule has 5 heteroatoms. The Hall–Kier alpha value is -1.91. The number of Topliss-reactive ketones (excluding diaryl/α,β-unsaturated/α-hetero) is 1. The molecule has 2 N–H and O–H groups in total. The Morgan fingerprint density at radius 3 is 2.81 bits per heavy atom. The highest BCUT2D eigenvalue weighted by Gasteiger charge is 2.31. The number of rotatable bonds is 1. The van der Waals surface area contributed by atoms with Gasteiger partial charge in [0.2, 0.25) is 5.75 Å². The number of ether oxygens (including phenoxy) is 2. The number of phenols is 2. The van der Waals surface area contributed by atoms with Crippen LogP contribution < -0.4 is 9.47 Å². The van der Waals surface area contributed by atoms with E-state index in [1.54, 1.807) is 6.92 Å². The molecule has 0 bridgehead atoms. The van der Waals surface area contributed by atoms with Crippen molar-refractivity contribution in [1.82, 2.24) is 0 Å². The molecule has 1 aliphatic rings. The number of carbonyl (C=O) groups excluding carboxylic acids is 1. The molecule has 86 valence electrons. The molecule has 1 atom stereocenters. The monoisotopic (exact) mass is 224 g/mol. The quantitative estimate of drug-likeness (QED) is 0.706. The van der Waals surface area contributed by atoms with E-state index in [0.29, 0.717) is 0 Å². The minimum absolute atomic E-state index is 0.000556. The van der Waals surface area contributed by atoms with Crippen LogP contribution in [0.4, 0.5) is 0 Å². The number of aromatic hydroxyl groups is 2. The molecule has 0 saturated heterocycles. The number of phenolic OH excluding ortho intramolecular Hbond substituents is 2. The molecule has 1 unspecified atom stereocenters. The summed E-state index contributed by atoms with van der Waals surface area (Å²) >= 11 is 0. The van der Waals surface area contributed by atoms with E-state index in [4.69, 9.17) is 9.47 Å². The Morgan fingerprint density at radius 1 is 1.50 bits per heavy atom. The summed E-state index contributed by atoms with van der Waals surface area (Å²) in [5, 5.41) is 19.4. The zero-order valence-electron chi connectivity index (χ0n) is 8.98. The lowest BCUT2D eigenvalue weighted by Crippen LogP contribution is -2.24. The third-order valence-corrected chi connectivity index (χ3v) is 2.49. The van der Waals surface area contributed by atoms with Gasteiger partial charge in [-0.25, -0.2) is 0 Å². The van der Waals surface area contributed by atoms with Gasteiger partial charge in [0.15, 0.2) is 17.3 Å². The summed E-state index contributed by atoms with van der Waals surface area (Å²) in [4.78, 5) is 11.7. The van der Waals surface area contributed by atoms with Crippen LogP contribution in [-0.2, 0) is 0 Å². The zero-order valence-corrected chi connectivity index (χ0v) is 8.98. The highest BCUT2D eigenvalue weighted by Crippen LogP contribution is 2.46. The first-order valence-electron chi connectivity index (χ1n) is 4.87. The average molecular weight is 224 g/mol. The van der Waals surface area contributed by atoms with Crippen molar-refractivity contribution in [2.24, 2.45) is 0 Å². The molecule has 1 aromatic carbocycles. The summed E-state index contributed by atoms with van der Waals surface area (Å²) in [7, 11) is 1.36. The summed E-state index contributed by atoms with van der Waals surface area (Å²) in [6.07, 6.45) is -0.135. The molecule has 0 radical (unpaired) electrons. The van der Waals surface area contributed by atoms with Crippen molar-refractivity contribution in [3.05, 3.63) is 11.6 Å². The molecule has 2 rings (SSSR count). The summed E-state index contributed by atoms with van der Waals surface area (Å²) in [6, 6.07) is 1.20. The van der Waals surface area contributed by atoms with Crippen LogP contribution in [0.25, 0.3) is 0 Å². The summed E-state index contributed by atoms with van der Waals surface area (Å²) in [5.41, 5.74) is 0.0244. The fraction of sp³-hybridized carbons (Fsp3) is 0.364. The number of ketones is 1. The van der Waals surface area contributed by atoms with Crippen LogP contribution >= 0.6 is 0 Å². The maximum absolute atomic E-state index is 11.7. The second kappa shape index (κ2) is 3.59. The Bertz CT molecular complexity index is 452. The third-order valence-electron chi connectivity index (χ3n) is 2.49. The Morgan fingerprint density at radius 2 is 2.19 bits per heavy atom. The number of hydrogen-bond donors (Lipinski definition) is 2. The molecule has 1 aliphatic heterocycles. The standard InChI is InChI=1S/C11H12O5/c1-5-3-6(12)9-7(13)4-8(15-2)10(14)11(9)16-5/h4-5,13-14H,3H2,1-2H3. The van der Waals surface area contributed by atoms with E-state index in [0.717, 1.165) is 0 Å². The molecule has 0 saturated carbocycles. The van der Waals surface area contributed by atoms with Gasteiger partial charge < -0.3 is 19.7 Å². The number of methoxy groups -OCH3 is 1. The third kappa shape index (κ3) is 1.44. The van der Waals surface area contributed by atoms with Crippen LogP contribution in [0.3, 0.4) is 0 Å². The largest absolute Gasteiger partial charge is 0.507 e. The number of hydrogen-bond acceptors (Lipinski definition) is 5. The molecular weight excluding hydrogens is 212 g/mol. The maximum atomic E-state index is 11.7. The van der Waals surface area contributed by atoms with Gasteiger partial charge in [0.1, 0.15) is 17.4 Å². The average Bonchev–Trinajstić information content (AvgIpc) is 2.22. The van der Waals surface area contributed by atoms with E-state index < -0.39 is 0 Å². The summed E-state index contributed by atoms with van der Waals surface area (Å²) < 4.78 is 10.2. The van der Waals surface area contributed by atoms with Gasteiger partial charge in [0.25, 0.3) is 0 Å². The molecule has 0 aromatic heterocycles. The molecule has 0 spiro atoms. The highest BCUT2D eigenvalue weighted by atomic mass is 16.5.